The van der Waals surface area contributed by atoms with Crippen molar-refractivity contribution in [1.29, 1.82) is 0 Å². The van der Waals surface area contributed by atoms with E-state index in [-0.39, 0.29) is 11.7 Å². The molecule has 1 aliphatic heterocycles. The molecule has 0 amide bonds. The fourth-order valence-corrected chi connectivity index (χ4v) is 2.69. The van der Waals surface area contributed by atoms with Gasteiger partial charge in [-0.05, 0) is 18.9 Å². The SMILES string of the molecule is COC(=O)C1(C(C)C)OC1(C)c1ccccc1F. The summed E-state index contributed by atoms with van der Waals surface area (Å²) in [5.41, 5.74) is -1.66. The van der Waals surface area contributed by atoms with Crippen LogP contribution >= 0.6 is 0 Å². The van der Waals surface area contributed by atoms with Gasteiger partial charge in [-0.3, -0.25) is 0 Å². The van der Waals surface area contributed by atoms with Crippen molar-refractivity contribution in [2.24, 2.45) is 5.92 Å². The first-order valence-corrected chi connectivity index (χ1v) is 5.93. The number of hydrogen-bond acceptors (Lipinski definition) is 3. The number of ether oxygens (including phenoxy) is 2. The summed E-state index contributed by atoms with van der Waals surface area (Å²) >= 11 is 0. The van der Waals surface area contributed by atoms with Crippen LogP contribution in [0.15, 0.2) is 24.3 Å². The molecule has 1 heterocycles. The molecule has 1 fully saturated rings. The molecule has 2 rings (SSSR count). The van der Waals surface area contributed by atoms with E-state index in [1.807, 2.05) is 13.8 Å². The minimum atomic E-state index is -1.09. The number of carbonyl (C=O) groups is 1. The molecule has 4 heteroatoms. The van der Waals surface area contributed by atoms with E-state index < -0.39 is 17.2 Å². The van der Waals surface area contributed by atoms with Crippen LogP contribution in [0, 0.1) is 11.7 Å². The molecule has 0 spiro atoms. The van der Waals surface area contributed by atoms with Gasteiger partial charge in [0.2, 0.25) is 5.60 Å². The minimum absolute atomic E-state index is 0.102. The van der Waals surface area contributed by atoms with Gasteiger partial charge in [0.15, 0.2) is 0 Å². The van der Waals surface area contributed by atoms with Crippen molar-refractivity contribution < 1.29 is 18.7 Å². The van der Waals surface area contributed by atoms with Crippen LogP contribution in [0.5, 0.6) is 0 Å². The second-order valence-corrected chi connectivity index (χ2v) is 5.00. The van der Waals surface area contributed by atoms with Gasteiger partial charge in [0.25, 0.3) is 0 Å². The Labute approximate surface area is 106 Å². The lowest BCUT2D eigenvalue weighted by Crippen LogP contribution is -2.38. The Hall–Kier alpha value is -1.42. The molecule has 0 radical (unpaired) electrons. The number of halogens is 1. The van der Waals surface area contributed by atoms with Gasteiger partial charge in [0.1, 0.15) is 11.4 Å². The number of hydrogen-bond donors (Lipinski definition) is 0. The van der Waals surface area contributed by atoms with Crippen molar-refractivity contribution in [1.82, 2.24) is 0 Å². The van der Waals surface area contributed by atoms with Gasteiger partial charge in [-0.25, -0.2) is 9.18 Å². The Morgan fingerprint density at radius 3 is 2.50 bits per heavy atom. The van der Waals surface area contributed by atoms with Crippen LogP contribution < -0.4 is 0 Å². The largest absolute Gasteiger partial charge is 0.467 e. The van der Waals surface area contributed by atoms with E-state index in [9.17, 15) is 9.18 Å². The normalized spacial score (nSPS) is 30.3. The molecule has 98 valence electrons. The van der Waals surface area contributed by atoms with Crippen molar-refractivity contribution in [2.45, 2.75) is 32.0 Å². The fraction of sp³-hybridized carbons (Fsp3) is 0.500. The number of methoxy groups -OCH3 is 1. The molecule has 1 saturated heterocycles. The highest BCUT2D eigenvalue weighted by Gasteiger charge is 2.75. The topological polar surface area (TPSA) is 38.8 Å². The number of epoxide rings is 1. The third kappa shape index (κ3) is 1.48. The number of benzene rings is 1. The second kappa shape index (κ2) is 4.05. The molecule has 0 bridgehead atoms. The number of carbonyl (C=O) groups excluding carboxylic acids is 1. The van der Waals surface area contributed by atoms with E-state index in [1.165, 1.54) is 13.2 Å². The summed E-state index contributed by atoms with van der Waals surface area (Å²) in [5, 5.41) is 0. The van der Waals surface area contributed by atoms with E-state index in [0.29, 0.717) is 5.56 Å². The predicted molar refractivity (Wildman–Crippen MR) is 64.4 cm³/mol. The van der Waals surface area contributed by atoms with Crippen molar-refractivity contribution in [3.05, 3.63) is 35.6 Å². The summed E-state index contributed by atoms with van der Waals surface area (Å²) in [6.45, 7) is 5.45. The molecular formula is C14H17FO3. The second-order valence-electron chi connectivity index (χ2n) is 5.00. The molecule has 0 aromatic heterocycles. The van der Waals surface area contributed by atoms with Crippen LogP contribution in [-0.4, -0.2) is 18.7 Å². The first kappa shape index (κ1) is 13.0. The van der Waals surface area contributed by atoms with Crippen LogP contribution in [0.25, 0.3) is 0 Å². The molecule has 1 aliphatic rings. The van der Waals surface area contributed by atoms with Crippen LogP contribution in [-0.2, 0) is 19.9 Å². The van der Waals surface area contributed by atoms with Gasteiger partial charge in [-0.15, -0.1) is 0 Å². The van der Waals surface area contributed by atoms with E-state index in [2.05, 4.69) is 0 Å². The summed E-state index contributed by atoms with van der Waals surface area (Å²) in [7, 11) is 1.32. The standard InChI is InChI=1S/C14H17FO3/c1-9(2)14(12(16)17-4)13(3,18-14)10-7-5-6-8-11(10)15/h5-9H,1-4H3. The van der Waals surface area contributed by atoms with Gasteiger partial charge in [0.05, 0.1) is 7.11 Å². The maximum atomic E-state index is 13.9. The van der Waals surface area contributed by atoms with Gasteiger partial charge >= 0.3 is 5.97 Å². The van der Waals surface area contributed by atoms with Crippen LogP contribution in [0.2, 0.25) is 0 Å². The number of rotatable bonds is 3. The lowest BCUT2D eigenvalue weighted by molar-refractivity contribution is -0.148. The highest BCUT2D eigenvalue weighted by Crippen LogP contribution is 2.60. The number of esters is 1. The molecule has 18 heavy (non-hydrogen) atoms. The third-order valence-electron chi connectivity index (χ3n) is 3.72. The highest BCUT2D eigenvalue weighted by atomic mass is 19.1. The molecule has 0 aliphatic carbocycles. The Kier molecular flexibility index (Phi) is 2.93. The fourth-order valence-electron chi connectivity index (χ4n) is 2.69. The molecule has 0 N–H and O–H groups in total. The summed E-state index contributed by atoms with van der Waals surface area (Å²) in [5.74, 6) is -0.927. The molecule has 3 nitrogen and oxygen atoms in total. The smallest absolute Gasteiger partial charge is 0.341 e. The van der Waals surface area contributed by atoms with Crippen LogP contribution in [0.4, 0.5) is 4.39 Å². The quantitative estimate of drug-likeness (QED) is 0.613. The van der Waals surface area contributed by atoms with Crippen molar-refractivity contribution in [3.63, 3.8) is 0 Å². The minimum Gasteiger partial charge on any atom is -0.467 e. The maximum Gasteiger partial charge on any atom is 0.341 e. The molecule has 1 aromatic carbocycles. The van der Waals surface area contributed by atoms with Crippen LogP contribution in [0.3, 0.4) is 0 Å². The Morgan fingerprint density at radius 1 is 1.39 bits per heavy atom. The predicted octanol–water partition coefficient (Wildman–Crippen LogP) is 2.64. The van der Waals surface area contributed by atoms with Crippen molar-refractivity contribution in [2.75, 3.05) is 7.11 Å². The lowest BCUT2D eigenvalue weighted by Gasteiger charge is -2.19. The van der Waals surface area contributed by atoms with E-state index in [4.69, 9.17) is 9.47 Å². The maximum absolute atomic E-state index is 13.9. The molecule has 1 aromatic rings. The van der Waals surface area contributed by atoms with E-state index >= 15 is 0 Å². The summed E-state index contributed by atoms with van der Waals surface area (Å²) in [6, 6.07) is 6.35. The first-order valence-electron chi connectivity index (χ1n) is 5.93. The summed E-state index contributed by atoms with van der Waals surface area (Å²) in [6.07, 6.45) is 0. The molecule has 2 unspecified atom stereocenters. The van der Waals surface area contributed by atoms with Gasteiger partial charge < -0.3 is 9.47 Å². The highest BCUT2D eigenvalue weighted by molar-refractivity contribution is 5.85. The average Bonchev–Trinajstić information content (AvgIpc) is 2.98. The van der Waals surface area contributed by atoms with Gasteiger partial charge in [-0.2, -0.15) is 0 Å². The molecule has 2 atom stereocenters. The lowest BCUT2D eigenvalue weighted by atomic mass is 9.80. The summed E-state index contributed by atoms with van der Waals surface area (Å²) in [4.78, 5) is 12.0. The Bertz CT molecular complexity index is 486. The van der Waals surface area contributed by atoms with E-state index in [0.717, 1.165) is 0 Å². The van der Waals surface area contributed by atoms with Crippen LogP contribution in [0.1, 0.15) is 26.3 Å². The Balaban J connectivity index is 2.47. The van der Waals surface area contributed by atoms with Crippen molar-refractivity contribution >= 4 is 5.97 Å². The monoisotopic (exact) mass is 252 g/mol. The zero-order chi connectivity index (χ0) is 13.6. The van der Waals surface area contributed by atoms with Crippen molar-refractivity contribution in [3.8, 4) is 0 Å². The van der Waals surface area contributed by atoms with Gasteiger partial charge in [-0.1, -0.05) is 32.0 Å². The average molecular weight is 252 g/mol. The first-order chi connectivity index (χ1) is 8.40. The Morgan fingerprint density at radius 2 is 2.00 bits per heavy atom. The third-order valence-corrected chi connectivity index (χ3v) is 3.72. The van der Waals surface area contributed by atoms with E-state index in [1.54, 1.807) is 25.1 Å². The van der Waals surface area contributed by atoms with Gasteiger partial charge in [0, 0.05) is 5.56 Å². The summed E-state index contributed by atoms with van der Waals surface area (Å²) < 4.78 is 24.3. The molecular weight excluding hydrogens is 235 g/mol. The zero-order valence-electron chi connectivity index (χ0n) is 11.0. The molecule has 0 saturated carbocycles. The zero-order valence-corrected chi connectivity index (χ0v) is 11.0.